The Morgan fingerprint density at radius 3 is 2.61 bits per heavy atom. The molecule has 1 saturated heterocycles. The summed E-state index contributed by atoms with van der Waals surface area (Å²) in [6.45, 7) is 1.66. The lowest BCUT2D eigenvalue weighted by atomic mass is 10.1. The number of para-hydroxylation sites is 1. The predicted molar refractivity (Wildman–Crippen MR) is 101 cm³/mol. The van der Waals surface area contributed by atoms with E-state index in [4.69, 9.17) is 4.74 Å². The van der Waals surface area contributed by atoms with Crippen molar-refractivity contribution < 1.29 is 13.5 Å². The summed E-state index contributed by atoms with van der Waals surface area (Å²) in [5.74, 6) is -1.38. The number of aromatic amines is 1. The smallest absolute Gasteiger partial charge is 0.282 e. The molecule has 142 valence electrons. The van der Waals surface area contributed by atoms with Crippen molar-refractivity contribution in [3.63, 3.8) is 0 Å². The van der Waals surface area contributed by atoms with E-state index >= 15 is 4.39 Å². The van der Waals surface area contributed by atoms with Crippen molar-refractivity contribution in [2.75, 3.05) is 31.2 Å². The molecule has 0 saturated carbocycles. The van der Waals surface area contributed by atoms with Crippen molar-refractivity contribution in [2.24, 2.45) is 0 Å². The number of morpholine rings is 1. The number of hydrogen-bond donors (Lipinski definition) is 1. The van der Waals surface area contributed by atoms with Gasteiger partial charge in [0, 0.05) is 24.7 Å². The zero-order chi connectivity index (χ0) is 19.3. The van der Waals surface area contributed by atoms with Gasteiger partial charge in [-0.3, -0.25) is 4.79 Å². The van der Waals surface area contributed by atoms with Crippen LogP contribution in [0.3, 0.4) is 0 Å². The summed E-state index contributed by atoms with van der Waals surface area (Å²) in [7, 11) is 0. The molecule has 3 heterocycles. The third-order valence-electron chi connectivity index (χ3n) is 5.02. The number of H-pyrrole nitrogens is 1. The molecule has 3 aliphatic heterocycles. The molecule has 3 aliphatic rings. The first-order valence-corrected chi connectivity index (χ1v) is 8.95. The Balaban J connectivity index is 1.75. The Kier molecular flexibility index (Phi) is 3.87. The van der Waals surface area contributed by atoms with E-state index in [0.717, 1.165) is 0 Å². The molecule has 0 aromatic heterocycles. The van der Waals surface area contributed by atoms with Gasteiger partial charge in [-0.2, -0.15) is 9.78 Å². The van der Waals surface area contributed by atoms with E-state index in [1.807, 2.05) is 6.07 Å². The van der Waals surface area contributed by atoms with Crippen molar-refractivity contribution in [2.45, 2.75) is 0 Å². The molecule has 1 N–H and O–H groups in total. The summed E-state index contributed by atoms with van der Waals surface area (Å²) in [6, 6.07) is 10.1. The molecule has 2 aromatic carbocycles. The molecule has 0 unspecified atom stereocenters. The van der Waals surface area contributed by atoms with Gasteiger partial charge >= 0.3 is 0 Å². The number of nitrogens with zero attached hydrogens (tertiary/aromatic N) is 3. The van der Waals surface area contributed by atoms with E-state index in [1.54, 1.807) is 29.2 Å². The van der Waals surface area contributed by atoms with E-state index in [9.17, 15) is 9.18 Å². The van der Waals surface area contributed by atoms with Gasteiger partial charge in [0.2, 0.25) is 0 Å². The molecule has 1 fully saturated rings. The summed E-state index contributed by atoms with van der Waals surface area (Å²) in [5, 5.41) is 4.58. The van der Waals surface area contributed by atoms with Crippen molar-refractivity contribution in [3.8, 4) is 16.9 Å². The average Bonchev–Trinajstić information content (AvgIpc) is 3.07. The number of anilines is 1. The first-order valence-electron chi connectivity index (χ1n) is 8.95. The molecule has 0 aliphatic carbocycles. The molecule has 0 radical (unpaired) electrons. The van der Waals surface area contributed by atoms with Crippen molar-refractivity contribution >= 4 is 16.6 Å². The van der Waals surface area contributed by atoms with Gasteiger partial charge < -0.3 is 14.6 Å². The van der Waals surface area contributed by atoms with E-state index in [0.29, 0.717) is 32.0 Å². The minimum atomic E-state index is -0.694. The van der Waals surface area contributed by atoms with Crippen LogP contribution in [0.5, 0.6) is 0 Å². The first kappa shape index (κ1) is 16.9. The molecule has 0 bridgehead atoms. The van der Waals surface area contributed by atoms with Gasteiger partial charge in [0.15, 0.2) is 5.82 Å². The van der Waals surface area contributed by atoms with Crippen LogP contribution in [0.4, 0.5) is 14.5 Å². The highest BCUT2D eigenvalue weighted by atomic mass is 19.1. The van der Waals surface area contributed by atoms with Crippen LogP contribution in [-0.4, -0.2) is 41.1 Å². The van der Waals surface area contributed by atoms with Crippen molar-refractivity contribution in [1.29, 1.82) is 0 Å². The lowest BCUT2D eigenvalue weighted by Crippen LogP contribution is -2.37. The molecule has 0 amide bonds. The second-order valence-electron chi connectivity index (χ2n) is 6.65. The number of hydrogen-bond acceptors (Lipinski definition) is 4. The van der Waals surface area contributed by atoms with Gasteiger partial charge in [-0.1, -0.05) is 18.2 Å². The molecular formula is C20H16F2N4O2. The second-order valence-corrected chi connectivity index (χ2v) is 6.65. The van der Waals surface area contributed by atoms with E-state index in [1.165, 1.54) is 16.9 Å². The lowest BCUT2D eigenvalue weighted by Gasteiger charge is -2.29. The van der Waals surface area contributed by atoms with Crippen molar-refractivity contribution in [3.05, 3.63) is 64.6 Å². The fourth-order valence-electron chi connectivity index (χ4n) is 3.65. The van der Waals surface area contributed by atoms with Crippen LogP contribution in [0.15, 0.2) is 47.4 Å². The third kappa shape index (κ3) is 2.49. The largest absolute Gasteiger partial charge is 0.378 e. The number of pyridine rings is 1. The van der Waals surface area contributed by atoms with Crippen LogP contribution in [0, 0.1) is 11.6 Å². The zero-order valence-corrected chi connectivity index (χ0v) is 14.8. The van der Waals surface area contributed by atoms with E-state index in [-0.39, 0.29) is 33.4 Å². The van der Waals surface area contributed by atoms with Crippen LogP contribution in [0.25, 0.3) is 27.8 Å². The first-order chi connectivity index (χ1) is 13.6. The highest BCUT2D eigenvalue weighted by Crippen LogP contribution is 2.34. The van der Waals surface area contributed by atoms with E-state index in [2.05, 4.69) is 10.1 Å². The summed E-state index contributed by atoms with van der Waals surface area (Å²) in [4.78, 5) is 17.2. The average molecular weight is 382 g/mol. The third-order valence-corrected chi connectivity index (χ3v) is 5.02. The van der Waals surface area contributed by atoms with Gasteiger partial charge in [0.1, 0.15) is 17.2 Å². The number of ether oxygens (including phenoxy) is 1. The maximum absolute atomic E-state index is 15.2. The minimum absolute atomic E-state index is 0.0868. The number of fused-ring (bicyclic) bond motifs is 3. The number of nitrogens with one attached hydrogen (secondary N) is 1. The molecule has 28 heavy (non-hydrogen) atoms. The quantitative estimate of drug-likeness (QED) is 0.579. The fourth-order valence-corrected chi connectivity index (χ4v) is 3.65. The van der Waals surface area contributed by atoms with Gasteiger partial charge in [0.05, 0.1) is 30.0 Å². The van der Waals surface area contributed by atoms with Gasteiger partial charge in [0.25, 0.3) is 5.56 Å². The monoisotopic (exact) mass is 382 g/mol. The predicted octanol–water partition coefficient (Wildman–Crippen LogP) is 2.93. The SMILES string of the molecule is O=c1c2c[nH]c3c(F)c(N4CCOCC4)c(F)cc3c-2nn1-c1ccccc1. The van der Waals surface area contributed by atoms with Crippen LogP contribution in [0.1, 0.15) is 0 Å². The van der Waals surface area contributed by atoms with Crippen LogP contribution in [-0.2, 0) is 4.74 Å². The summed E-state index contributed by atoms with van der Waals surface area (Å²) < 4.78 is 36.6. The Labute approximate surface area is 158 Å². The maximum atomic E-state index is 15.2. The normalized spacial score (nSPS) is 14.9. The lowest BCUT2D eigenvalue weighted by molar-refractivity contribution is 0.122. The Morgan fingerprint density at radius 1 is 1.11 bits per heavy atom. The second kappa shape index (κ2) is 6.42. The Morgan fingerprint density at radius 2 is 1.86 bits per heavy atom. The van der Waals surface area contributed by atoms with Gasteiger partial charge in [-0.05, 0) is 18.2 Å². The molecule has 0 spiro atoms. The highest BCUT2D eigenvalue weighted by molar-refractivity contribution is 5.95. The number of halogens is 2. The maximum Gasteiger partial charge on any atom is 0.282 e. The summed E-state index contributed by atoms with van der Waals surface area (Å²) >= 11 is 0. The molecule has 2 aromatic rings. The van der Waals surface area contributed by atoms with Crippen LogP contribution in [0.2, 0.25) is 0 Å². The van der Waals surface area contributed by atoms with Crippen LogP contribution < -0.4 is 10.5 Å². The summed E-state index contributed by atoms with van der Waals surface area (Å²) in [5.41, 5.74) is 0.799. The van der Waals surface area contributed by atoms with Crippen molar-refractivity contribution in [1.82, 2.24) is 14.8 Å². The van der Waals surface area contributed by atoms with Crippen LogP contribution >= 0.6 is 0 Å². The molecular weight excluding hydrogens is 366 g/mol. The molecule has 6 nitrogen and oxygen atoms in total. The topological polar surface area (TPSA) is 63.1 Å². The standard InChI is InChI=1S/C20H16F2N4O2/c21-15-10-13-17-14(20(27)26(24-17)12-4-2-1-3-5-12)11-23-18(13)16(22)19(15)25-6-8-28-9-7-25/h1-5,10-11,23H,6-9H2. The number of rotatable bonds is 2. The van der Waals surface area contributed by atoms with E-state index < -0.39 is 11.6 Å². The van der Waals surface area contributed by atoms with Gasteiger partial charge in [-0.25, -0.2) is 8.78 Å². The van der Waals surface area contributed by atoms with Gasteiger partial charge in [-0.15, -0.1) is 0 Å². The Hall–Kier alpha value is -3.26. The zero-order valence-electron chi connectivity index (χ0n) is 14.8. The number of benzene rings is 2. The molecule has 5 rings (SSSR count). The number of aromatic nitrogens is 3. The minimum Gasteiger partial charge on any atom is -0.378 e. The Bertz CT molecular complexity index is 1200. The molecule has 8 heteroatoms. The molecule has 0 atom stereocenters. The summed E-state index contributed by atoms with van der Waals surface area (Å²) in [6.07, 6.45) is 1.43. The fraction of sp³-hybridized carbons (Fsp3) is 0.200. The highest BCUT2D eigenvalue weighted by Gasteiger charge is 2.26.